The molecule has 3 N–H and O–H groups in total. The van der Waals surface area contributed by atoms with E-state index in [1.54, 1.807) is 18.2 Å². The summed E-state index contributed by atoms with van der Waals surface area (Å²) in [5.74, 6) is 0.492. The van der Waals surface area contributed by atoms with Crippen LogP contribution in [0.5, 0.6) is 0 Å². The molecule has 0 spiro atoms. The van der Waals surface area contributed by atoms with Crippen LogP contribution in [0.25, 0.3) is 11.4 Å². The molecule has 0 bridgehead atoms. The van der Waals surface area contributed by atoms with E-state index in [4.69, 9.17) is 38.6 Å². The summed E-state index contributed by atoms with van der Waals surface area (Å²) in [6, 6.07) is 4.23. The van der Waals surface area contributed by atoms with E-state index in [1.165, 1.54) is 0 Å². The van der Waals surface area contributed by atoms with Gasteiger partial charge in [0.05, 0.1) is 6.61 Å². The Morgan fingerprint density at radius 3 is 2.53 bits per heavy atom. The Kier molecular flexibility index (Phi) is 3.63. The van der Waals surface area contributed by atoms with Crippen LogP contribution >= 0.6 is 23.2 Å². The van der Waals surface area contributed by atoms with Gasteiger partial charge in [0.25, 0.3) is 0 Å². The molecular formula is C10H9Cl2N3O2. The van der Waals surface area contributed by atoms with Crippen molar-refractivity contribution in [3.05, 3.63) is 34.1 Å². The van der Waals surface area contributed by atoms with E-state index in [1.807, 2.05) is 0 Å². The zero-order chi connectivity index (χ0) is 12.4. The van der Waals surface area contributed by atoms with Gasteiger partial charge in [-0.15, -0.1) is 0 Å². The molecule has 2 aromatic rings. The zero-order valence-electron chi connectivity index (χ0n) is 8.60. The standard InChI is InChI=1S/C10H9Cl2N3O2/c11-6-1-5(2-7(12)3-6)9-14-10(17-15-9)8(13)4-16/h1-3,8,16H,4,13H2/t8-/m0/s1. The number of halogens is 2. The molecule has 0 saturated carbocycles. The lowest BCUT2D eigenvalue weighted by molar-refractivity contribution is 0.237. The van der Waals surface area contributed by atoms with Gasteiger partial charge in [0.2, 0.25) is 11.7 Å². The molecule has 0 radical (unpaired) electrons. The van der Waals surface area contributed by atoms with Crippen LogP contribution in [0.1, 0.15) is 11.9 Å². The fourth-order valence-electron chi connectivity index (χ4n) is 1.26. The van der Waals surface area contributed by atoms with E-state index in [9.17, 15) is 0 Å². The predicted octanol–water partition coefficient (Wildman–Crippen LogP) is 2.04. The maximum atomic E-state index is 8.86. The van der Waals surface area contributed by atoms with Crippen LogP contribution in [0, 0.1) is 0 Å². The average molecular weight is 274 g/mol. The highest BCUT2D eigenvalue weighted by Crippen LogP contribution is 2.25. The van der Waals surface area contributed by atoms with Gasteiger partial charge in [0.1, 0.15) is 6.04 Å². The number of rotatable bonds is 3. The molecule has 2 rings (SSSR count). The number of benzene rings is 1. The molecule has 0 amide bonds. The van der Waals surface area contributed by atoms with E-state index in [-0.39, 0.29) is 12.5 Å². The van der Waals surface area contributed by atoms with E-state index >= 15 is 0 Å². The second-order valence-corrected chi connectivity index (χ2v) is 4.28. The first-order valence-electron chi connectivity index (χ1n) is 4.76. The quantitative estimate of drug-likeness (QED) is 0.894. The summed E-state index contributed by atoms with van der Waals surface area (Å²) in [6.07, 6.45) is 0. The van der Waals surface area contributed by atoms with Gasteiger partial charge in [0.15, 0.2) is 0 Å². The molecule has 7 heteroatoms. The highest BCUT2D eigenvalue weighted by atomic mass is 35.5. The number of hydrogen-bond acceptors (Lipinski definition) is 5. The van der Waals surface area contributed by atoms with Crippen LogP contribution in [0.3, 0.4) is 0 Å². The molecule has 1 heterocycles. The van der Waals surface area contributed by atoms with Crippen molar-refractivity contribution < 1.29 is 9.63 Å². The van der Waals surface area contributed by atoms with Gasteiger partial charge in [-0.1, -0.05) is 28.4 Å². The second kappa shape index (κ2) is 5.01. The lowest BCUT2D eigenvalue weighted by Crippen LogP contribution is -2.14. The van der Waals surface area contributed by atoms with Crippen molar-refractivity contribution in [2.45, 2.75) is 6.04 Å². The number of nitrogens with zero attached hydrogens (tertiary/aromatic N) is 2. The number of aliphatic hydroxyl groups excluding tert-OH is 1. The molecular weight excluding hydrogens is 265 g/mol. The van der Waals surface area contributed by atoms with Gasteiger partial charge in [-0.2, -0.15) is 4.98 Å². The molecule has 0 unspecified atom stereocenters. The Morgan fingerprint density at radius 2 is 1.94 bits per heavy atom. The largest absolute Gasteiger partial charge is 0.394 e. The SMILES string of the molecule is N[C@@H](CO)c1nc(-c2cc(Cl)cc(Cl)c2)no1. The van der Waals surface area contributed by atoms with Gasteiger partial charge in [-0.25, -0.2) is 0 Å². The minimum Gasteiger partial charge on any atom is -0.394 e. The lowest BCUT2D eigenvalue weighted by Gasteiger charge is -1.99. The topological polar surface area (TPSA) is 85.2 Å². The second-order valence-electron chi connectivity index (χ2n) is 3.40. The van der Waals surface area contributed by atoms with E-state index in [0.29, 0.717) is 21.4 Å². The maximum Gasteiger partial charge on any atom is 0.246 e. The fraction of sp³-hybridized carbons (Fsp3) is 0.200. The average Bonchev–Trinajstić information content (AvgIpc) is 2.76. The van der Waals surface area contributed by atoms with Crippen molar-refractivity contribution in [1.82, 2.24) is 10.1 Å². The summed E-state index contributed by atoms with van der Waals surface area (Å²) >= 11 is 11.7. The first kappa shape index (κ1) is 12.3. The van der Waals surface area contributed by atoms with Crippen LogP contribution in [0.2, 0.25) is 10.0 Å². The summed E-state index contributed by atoms with van der Waals surface area (Å²) in [5.41, 5.74) is 6.17. The first-order chi connectivity index (χ1) is 8.10. The predicted molar refractivity (Wildman–Crippen MR) is 63.8 cm³/mol. The maximum absolute atomic E-state index is 8.86. The Hall–Kier alpha value is -1.14. The molecule has 17 heavy (non-hydrogen) atoms. The van der Waals surface area contributed by atoms with Crippen molar-refractivity contribution in [3.63, 3.8) is 0 Å². The first-order valence-corrected chi connectivity index (χ1v) is 5.52. The number of nitrogens with two attached hydrogens (primary N) is 1. The summed E-state index contributed by atoms with van der Waals surface area (Å²) in [5, 5.41) is 13.6. The molecule has 0 aliphatic heterocycles. The summed E-state index contributed by atoms with van der Waals surface area (Å²) < 4.78 is 4.92. The van der Waals surface area contributed by atoms with Crippen molar-refractivity contribution >= 4 is 23.2 Å². The Bertz CT molecular complexity index is 510. The van der Waals surface area contributed by atoms with Gasteiger partial charge in [-0.05, 0) is 18.2 Å². The van der Waals surface area contributed by atoms with Gasteiger partial charge in [-0.3, -0.25) is 0 Å². The van der Waals surface area contributed by atoms with Crippen LogP contribution < -0.4 is 5.73 Å². The third kappa shape index (κ3) is 2.76. The Labute approximate surface area is 107 Å². The van der Waals surface area contributed by atoms with Crippen LogP contribution in [0.15, 0.2) is 22.7 Å². The summed E-state index contributed by atoms with van der Waals surface area (Å²) in [7, 11) is 0. The van der Waals surface area contributed by atoms with E-state index in [0.717, 1.165) is 0 Å². The Balaban J connectivity index is 2.36. The summed E-state index contributed by atoms with van der Waals surface area (Å²) in [4.78, 5) is 4.05. The monoisotopic (exact) mass is 273 g/mol. The van der Waals surface area contributed by atoms with Crippen molar-refractivity contribution in [3.8, 4) is 11.4 Å². The molecule has 0 fully saturated rings. The van der Waals surface area contributed by atoms with Gasteiger partial charge in [0, 0.05) is 15.6 Å². The zero-order valence-corrected chi connectivity index (χ0v) is 10.1. The molecule has 0 aliphatic rings. The van der Waals surface area contributed by atoms with Crippen molar-refractivity contribution in [2.75, 3.05) is 6.61 Å². The molecule has 1 aromatic heterocycles. The fourth-order valence-corrected chi connectivity index (χ4v) is 1.79. The third-order valence-electron chi connectivity index (χ3n) is 2.08. The number of hydrogen-bond donors (Lipinski definition) is 2. The van der Waals surface area contributed by atoms with Crippen molar-refractivity contribution in [2.24, 2.45) is 5.73 Å². The van der Waals surface area contributed by atoms with Crippen LogP contribution in [0.4, 0.5) is 0 Å². The van der Waals surface area contributed by atoms with Crippen molar-refractivity contribution in [1.29, 1.82) is 0 Å². The minimum atomic E-state index is -0.689. The lowest BCUT2D eigenvalue weighted by atomic mass is 10.2. The number of aliphatic hydroxyl groups is 1. The molecule has 0 aliphatic carbocycles. The minimum absolute atomic E-state index is 0.165. The molecule has 1 aromatic carbocycles. The third-order valence-corrected chi connectivity index (χ3v) is 2.51. The summed E-state index contributed by atoms with van der Waals surface area (Å²) in [6.45, 7) is -0.266. The van der Waals surface area contributed by atoms with Crippen LogP contribution in [-0.4, -0.2) is 21.9 Å². The smallest absolute Gasteiger partial charge is 0.246 e. The molecule has 0 saturated heterocycles. The molecule has 5 nitrogen and oxygen atoms in total. The van der Waals surface area contributed by atoms with Crippen LogP contribution in [-0.2, 0) is 0 Å². The highest BCUT2D eigenvalue weighted by molar-refractivity contribution is 6.35. The molecule has 1 atom stereocenters. The van der Waals surface area contributed by atoms with E-state index < -0.39 is 6.04 Å². The van der Waals surface area contributed by atoms with Gasteiger partial charge < -0.3 is 15.4 Å². The van der Waals surface area contributed by atoms with Gasteiger partial charge >= 0.3 is 0 Å². The normalized spacial score (nSPS) is 12.7. The Morgan fingerprint density at radius 1 is 1.29 bits per heavy atom. The molecule has 90 valence electrons. The highest BCUT2D eigenvalue weighted by Gasteiger charge is 2.15. The van der Waals surface area contributed by atoms with E-state index in [2.05, 4.69) is 10.1 Å². The number of aromatic nitrogens is 2.